The molecule has 1 aliphatic carbocycles. The molecule has 0 heterocycles. The third-order valence-electron chi connectivity index (χ3n) is 3.91. The lowest BCUT2D eigenvalue weighted by atomic mass is 9.64. The quantitative estimate of drug-likeness (QED) is 0.891. The van der Waals surface area contributed by atoms with E-state index in [0.717, 1.165) is 12.8 Å². The van der Waals surface area contributed by atoms with E-state index in [1.54, 1.807) is 19.1 Å². The van der Waals surface area contributed by atoms with Crippen LogP contribution in [0.2, 0.25) is 0 Å². The van der Waals surface area contributed by atoms with Crippen LogP contribution in [0.15, 0.2) is 29.2 Å². The van der Waals surface area contributed by atoms with Gasteiger partial charge in [0.15, 0.2) is 9.84 Å². The molecule has 0 saturated heterocycles. The van der Waals surface area contributed by atoms with Crippen LogP contribution in [0, 0.1) is 0 Å². The summed E-state index contributed by atoms with van der Waals surface area (Å²) in [4.78, 5) is 0.412. The summed E-state index contributed by atoms with van der Waals surface area (Å²) in [5, 5.41) is 0. The van der Waals surface area contributed by atoms with E-state index in [4.69, 9.17) is 5.73 Å². The van der Waals surface area contributed by atoms with Gasteiger partial charge in [-0.1, -0.05) is 25.5 Å². The lowest BCUT2D eigenvalue weighted by molar-refractivity contribution is 0.253. The van der Waals surface area contributed by atoms with Gasteiger partial charge in [-0.3, -0.25) is 0 Å². The van der Waals surface area contributed by atoms with Crippen molar-refractivity contribution in [1.82, 2.24) is 0 Å². The average Bonchev–Trinajstić information content (AvgIpc) is 2.29. The van der Waals surface area contributed by atoms with Crippen LogP contribution in [0.3, 0.4) is 0 Å². The summed E-state index contributed by atoms with van der Waals surface area (Å²) < 4.78 is 23.4. The molecule has 4 heteroatoms. The second-order valence-electron chi connectivity index (χ2n) is 4.77. The molecule has 1 saturated carbocycles. The molecule has 3 nitrogen and oxygen atoms in total. The van der Waals surface area contributed by atoms with E-state index in [9.17, 15) is 8.42 Å². The van der Waals surface area contributed by atoms with Gasteiger partial charge in [0.25, 0.3) is 0 Å². The van der Waals surface area contributed by atoms with Crippen LogP contribution in [0.1, 0.15) is 31.7 Å². The third-order valence-corrected chi connectivity index (χ3v) is 5.66. The number of hydrogen-bond donors (Lipinski definition) is 1. The minimum absolute atomic E-state index is 0.106. The van der Waals surface area contributed by atoms with Crippen molar-refractivity contribution in [2.45, 2.75) is 36.5 Å². The SMILES string of the molecule is CCS(=O)(=O)c1ccc(C2(CN)CCC2)cc1. The van der Waals surface area contributed by atoms with Gasteiger partial charge < -0.3 is 5.73 Å². The number of hydrogen-bond acceptors (Lipinski definition) is 3. The smallest absolute Gasteiger partial charge is 0.178 e. The van der Waals surface area contributed by atoms with Crippen molar-refractivity contribution in [3.8, 4) is 0 Å². The molecular formula is C13H19NO2S. The molecule has 0 amide bonds. The van der Waals surface area contributed by atoms with E-state index in [1.165, 1.54) is 12.0 Å². The Morgan fingerprint density at radius 1 is 1.24 bits per heavy atom. The fourth-order valence-corrected chi connectivity index (χ4v) is 3.28. The highest BCUT2D eigenvalue weighted by atomic mass is 32.2. The molecule has 2 N–H and O–H groups in total. The zero-order chi connectivity index (χ0) is 12.5. The van der Waals surface area contributed by atoms with Crippen molar-refractivity contribution in [2.75, 3.05) is 12.3 Å². The fourth-order valence-electron chi connectivity index (χ4n) is 2.40. The Bertz CT molecular complexity index is 481. The summed E-state index contributed by atoms with van der Waals surface area (Å²) in [6.07, 6.45) is 3.44. The molecule has 0 unspecified atom stereocenters. The number of rotatable bonds is 4. The van der Waals surface area contributed by atoms with Gasteiger partial charge in [-0.15, -0.1) is 0 Å². The maximum atomic E-state index is 11.7. The zero-order valence-electron chi connectivity index (χ0n) is 10.1. The lowest BCUT2D eigenvalue weighted by Crippen LogP contribution is -2.41. The van der Waals surface area contributed by atoms with E-state index in [-0.39, 0.29) is 11.2 Å². The Labute approximate surface area is 103 Å². The molecule has 17 heavy (non-hydrogen) atoms. The zero-order valence-corrected chi connectivity index (χ0v) is 11.0. The molecule has 0 aliphatic heterocycles. The molecule has 1 aromatic rings. The van der Waals surface area contributed by atoms with Gasteiger partial charge in [-0.25, -0.2) is 8.42 Å². The van der Waals surface area contributed by atoms with E-state index < -0.39 is 9.84 Å². The second-order valence-corrected chi connectivity index (χ2v) is 7.04. The summed E-state index contributed by atoms with van der Waals surface area (Å²) in [7, 11) is -3.09. The van der Waals surface area contributed by atoms with Gasteiger partial charge in [-0.05, 0) is 30.5 Å². The van der Waals surface area contributed by atoms with Gasteiger partial charge in [0, 0.05) is 12.0 Å². The molecule has 1 fully saturated rings. The van der Waals surface area contributed by atoms with Crippen molar-refractivity contribution < 1.29 is 8.42 Å². The van der Waals surface area contributed by atoms with E-state index in [1.807, 2.05) is 12.1 Å². The number of nitrogens with two attached hydrogens (primary N) is 1. The first-order chi connectivity index (χ1) is 8.04. The Hall–Kier alpha value is -0.870. The maximum Gasteiger partial charge on any atom is 0.178 e. The molecule has 0 radical (unpaired) electrons. The minimum Gasteiger partial charge on any atom is -0.330 e. The van der Waals surface area contributed by atoms with E-state index in [0.29, 0.717) is 11.4 Å². The van der Waals surface area contributed by atoms with Gasteiger partial charge in [0.1, 0.15) is 0 Å². The van der Waals surface area contributed by atoms with E-state index in [2.05, 4.69) is 0 Å². The second kappa shape index (κ2) is 4.42. The van der Waals surface area contributed by atoms with E-state index >= 15 is 0 Å². The molecule has 0 spiro atoms. The lowest BCUT2D eigenvalue weighted by Gasteiger charge is -2.41. The van der Waals surface area contributed by atoms with Crippen LogP contribution < -0.4 is 5.73 Å². The predicted molar refractivity (Wildman–Crippen MR) is 68.8 cm³/mol. The van der Waals surface area contributed by atoms with Crippen molar-refractivity contribution in [1.29, 1.82) is 0 Å². The molecule has 0 atom stereocenters. The third kappa shape index (κ3) is 2.11. The topological polar surface area (TPSA) is 60.2 Å². The van der Waals surface area contributed by atoms with Gasteiger partial charge >= 0.3 is 0 Å². The summed E-state index contributed by atoms with van der Waals surface area (Å²) in [5.74, 6) is 0.147. The first kappa shape index (κ1) is 12.6. The van der Waals surface area contributed by atoms with Crippen molar-refractivity contribution in [3.05, 3.63) is 29.8 Å². The van der Waals surface area contributed by atoms with Crippen LogP contribution in [0.5, 0.6) is 0 Å². The highest BCUT2D eigenvalue weighted by Crippen LogP contribution is 2.42. The molecule has 94 valence electrons. The molecule has 0 aromatic heterocycles. The normalized spacial score (nSPS) is 18.7. The summed E-state index contributed by atoms with van der Waals surface area (Å²) >= 11 is 0. The van der Waals surface area contributed by atoms with Crippen LogP contribution in [-0.4, -0.2) is 20.7 Å². The van der Waals surface area contributed by atoms with Crippen LogP contribution in [0.4, 0.5) is 0 Å². The first-order valence-corrected chi connectivity index (χ1v) is 7.73. The predicted octanol–water partition coefficient (Wildman–Crippen LogP) is 1.86. The van der Waals surface area contributed by atoms with Crippen molar-refractivity contribution in [3.63, 3.8) is 0 Å². The molecular weight excluding hydrogens is 234 g/mol. The van der Waals surface area contributed by atoms with Crippen LogP contribution in [-0.2, 0) is 15.3 Å². The molecule has 1 aromatic carbocycles. The number of sulfone groups is 1. The Balaban J connectivity index is 2.30. The molecule has 2 rings (SSSR count). The Morgan fingerprint density at radius 3 is 2.18 bits per heavy atom. The van der Waals surface area contributed by atoms with Gasteiger partial charge in [0.2, 0.25) is 0 Å². The maximum absolute atomic E-state index is 11.7. The number of benzene rings is 1. The first-order valence-electron chi connectivity index (χ1n) is 6.07. The highest BCUT2D eigenvalue weighted by molar-refractivity contribution is 7.91. The van der Waals surface area contributed by atoms with Crippen molar-refractivity contribution in [2.24, 2.45) is 5.73 Å². The summed E-state index contributed by atoms with van der Waals surface area (Å²) in [6.45, 7) is 2.31. The van der Waals surface area contributed by atoms with Gasteiger partial charge in [0.05, 0.1) is 10.6 Å². The highest BCUT2D eigenvalue weighted by Gasteiger charge is 2.37. The van der Waals surface area contributed by atoms with Gasteiger partial charge in [-0.2, -0.15) is 0 Å². The van der Waals surface area contributed by atoms with Crippen molar-refractivity contribution >= 4 is 9.84 Å². The molecule has 1 aliphatic rings. The molecule has 0 bridgehead atoms. The largest absolute Gasteiger partial charge is 0.330 e. The minimum atomic E-state index is -3.09. The average molecular weight is 253 g/mol. The summed E-state index contributed by atoms with van der Waals surface area (Å²) in [5.41, 5.74) is 7.12. The summed E-state index contributed by atoms with van der Waals surface area (Å²) in [6, 6.07) is 7.27. The Kier molecular flexibility index (Phi) is 3.27. The fraction of sp³-hybridized carbons (Fsp3) is 0.538. The monoisotopic (exact) mass is 253 g/mol. The van der Waals surface area contributed by atoms with Crippen LogP contribution in [0.25, 0.3) is 0 Å². The van der Waals surface area contributed by atoms with Crippen LogP contribution >= 0.6 is 0 Å². The standard InChI is InChI=1S/C13H19NO2S/c1-2-17(15,16)12-6-4-11(5-7-12)13(10-14)8-3-9-13/h4-7H,2-3,8-10,14H2,1H3. The Morgan fingerprint density at radius 2 is 1.82 bits per heavy atom.